The fraction of sp³-hybridized carbons (Fsp3) is 0.125. The van der Waals surface area contributed by atoms with E-state index in [1.165, 1.54) is 18.2 Å². The van der Waals surface area contributed by atoms with Crippen LogP contribution in [0.5, 0.6) is 0 Å². The average molecular weight is 497 g/mol. The molecule has 0 N–H and O–H groups in total. The first-order valence-electron chi connectivity index (χ1n) is 10.5. The third-order valence-corrected chi connectivity index (χ3v) is 5.78. The number of aryl methyl sites for hydroxylation is 1. The molecule has 0 saturated carbocycles. The van der Waals surface area contributed by atoms with Gasteiger partial charge in [0.05, 0.1) is 34.6 Å². The molecule has 12 heteroatoms. The summed E-state index contributed by atoms with van der Waals surface area (Å²) in [5.74, 6) is -2.18. The fourth-order valence-electron chi connectivity index (χ4n) is 4.03. The Balaban J connectivity index is 1.39. The molecule has 4 aromatic rings. The molecule has 1 aromatic heterocycles. The number of halogens is 4. The van der Waals surface area contributed by atoms with E-state index in [0.717, 1.165) is 44.6 Å². The van der Waals surface area contributed by atoms with Gasteiger partial charge in [0.2, 0.25) is 0 Å². The van der Waals surface area contributed by atoms with Gasteiger partial charge in [-0.25, -0.2) is 14.1 Å². The Morgan fingerprint density at radius 3 is 2.25 bits per heavy atom. The maximum atomic E-state index is 14.1. The maximum Gasteiger partial charge on any atom is 0.416 e. The Labute approximate surface area is 200 Å². The van der Waals surface area contributed by atoms with Crippen molar-refractivity contribution in [2.45, 2.75) is 19.6 Å². The summed E-state index contributed by atoms with van der Waals surface area (Å²) in [6.45, 7) is 1.62. The van der Waals surface area contributed by atoms with E-state index in [9.17, 15) is 31.9 Å². The lowest BCUT2D eigenvalue weighted by atomic mass is 10.1. The number of carbonyl (C=O) groups is 2. The van der Waals surface area contributed by atoms with Crippen molar-refractivity contribution in [2.75, 3.05) is 4.90 Å². The van der Waals surface area contributed by atoms with Crippen molar-refractivity contribution in [3.8, 4) is 5.69 Å². The Morgan fingerprint density at radius 2 is 1.61 bits per heavy atom. The molecule has 3 aromatic carbocycles. The number of hydrogen-bond donors (Lipinski definition) is 0. The highest BCUT2D eigenvalue weighted by Crippen LogP contribution is 2.32. The molecule has 0 atom stereocenters. The van der Waals surface area contributed by atoms with Gasteiger partial charge >= 0.3 is 11.9 Å². The SMILES string of the molecule is Cc1cc(Cn2nnn(-c3ccc(C(F)(F)F)cc3)c2=O)ccc1N1C(=O)c2cccc(F)c2C1=O. The lowest BCUT2D eigenvalue weighted by Gasteiger charge is -2.17. The van der Waals surface area contributed by atoms with E-state index in [1.54, 1.807) is 19.1 Å². The number of alkyl halides is 3. The van der Waals surface area contributed by atoms with Gasteiger partial charge in [0, 0.05) is 0 Å². The number of nitrogens with zero attached hydrogens (tertiary/aromatic N) is 5. The minimum atomic E-state index is -4.51. The number of imide groups is 1. The summed E-state index contributed by atoms with van der Waals surface area (Å²) in [6.07, 6.45) is -4.51. The second-order valence-electron chi connectivity index (χ2n) is 8.10. The molecule has 0 saturated heterocycles. The smallest absolute Gasteiger partial charge is 0.268 e. The Kier molecular flexibility index (Phi) is 5.31. The van der Waals surface area contributed by atoms with E-state index in [1.807, 2.05) is 0 Å². The van der Waals surface area contributed by atoms with Crippen LogP contribution in [0.15, 0.2) is 65.5 Å². The zero-order chi connectivity index (χ0) is 25.8. The monoisotopic (exact) mass is 497 g/mol. The zero-order valence-corrected chi connectivity index (χ0v) is 18.5. The number of amides is 2. The highest BCUT2D eigenvalue weighted by Gasteiger charge is 2.39. The van der Waals surface area contributed by atoms with Gasteiger partial charge < -0.3 is 0 Å². The van der Waals surface area contributed by atoms with Gasteiger partial charge in [0.25, 0.3) is 11.8 Å². The first-order chi connectivity index (χ1) is 17.1. The molecule has 1 aliphatic heterocycles. The quantitative estimate of drug-likeness (QED) is 0.317. The second-order valence-corrected chi connectivity index (χ2v) is 8.10. The first-order valence-corrected chi connectivity index (χ1v) is 10.5. The molecule has 2 amide bonds. The molecule has 0 fully saturated rings. The van der Waals surface area contributed by atoms with Crippen molar-refractivity contribution < 1.29 is 27.2 Å². The standard InChI is InChI=1S/C24H15F4N5O3/c1-13-11-14(5-10-19(13)32-21(34)17-3-2-4-18(25)20(17)22(32)35)12-31-23(36)33(30-29-31)16-8-6-15(7-9-16)24(26,27)28/h2-11H,12H2,1H3. The van der Waals surface area contributed by atoms with E-state index >= 15 is 0 Å². The van der Waals surface area contributed by atoms with Gasteiger partial charge in [-0.15, -0.1) is 0 Å². The number of tetrazole rings is 1. The summed E-state index contributed by atoms with van der Waals surface area (Å²) in [5, 5.41) is 7.51. The lowest BCUT2D eigenvalue weighted by Crippen LogP contribution is -2.30. The second kappa shape index (κ2) is 8.26. The van der Waals surface area contributed by atoms with Gasteiger partial charge in [-0.1, -0.05) is 18.2 Å². The first kappa shape index (κ1) is 23.1. The third-order valence-electron chi connectivity index (χ3n) is 5.78. The minimum Gasteiger partial charge on any atom is -0.268 e. The van der Waals surface area contributed by atoms with Crippen molar-refractivity contribution in [2.24, 2.45) is 0 Å². The number of anilines is 1. The van der Waals surface area contributed by atoms with Gasteiger partial charge in [-0.2, -0.15) is 22.5 Å². The van der Waals surface area contributed by atoms with E-state index in [2.05, 4.69) is 10.4 Å². The van der Waals surface area contributed by atoms with Crippen molar-refractivity contribution >= 4 is 17.5 Å². The molecule has 0 bridgehead atoms. The highest BCUT2D eigenvalue weighted by atomic mass is 19.4. The fourth-order valence-corrected chi connectivity index (χ4v) is 4.03. The molecule has 8 nitrogen and oxygen atoms in total. The summed E-state index contributed by atoms with van der Waals surface area (Å²) < 4.78 is 54.4. The number of aromatic nitrogens is 4. The lowest BCUT2D eigenvalue weighted by molar-refractivity contribution is -0.137. The number of rotatable bonds is 4. The molecule has 5 rings (SSSR count). The number of carbonyl (C=O) groups excluding carboxylic acids is 2. The molecule has 1 aliphatic rings. The van der Waals surface area contributed by atoms with E-state index < -0.39 is 35.1 Å². The summed E-state index contributed by atoms with van der Waals surface area (Å²) in [6, 6.07) is 12.5. The summed E-state index contributed by atoms with van der Waals surface area (Å²) >= 11 is 0. The molecule has 182 valence electrons. The van der Waals surface area contributed by atoms with Crippen LogP contribution in [-0.2, 0) is 12.7 Å². The predicted octanol–water partition coefficient (Wildman–Crippen LogP) is 3.74. The largest absolute Gasteiger partial charge is 0.416 e. The van der Waals surface area contributed by atoms with Crippen LogP contribution in [0.2, 0.25) is 0 Å². The molecule has 0 radical (unpaired) electrons. The topological polar surface area (TPSA) is 90.1 Å². The van der Waals surface area contributed by atoms with Crippen LogP contribution in [0.25, 0.3) is 5.69 Å². The van der Waals surface area contributed by atoms with Gasteiger partial charge in [0.1, 0.15) is 5.82 Å². The Morgan fingerprint density at radius 1 is 0.889 bits per heavy atom. The maximum absolute atomic E-state index is 14.1. The Bertz CT molecular complexity index is 1590. The minimum absolute atomic E-state index is 0.0186. The van der Waals surface area contributed by atoms with Crippen LogP contribution in [-0.4, -0.2) is 31.6 Å². The van der Waals surface area contributed by atoms with Crippen LogP contribution in [0, 0.1) is 12.7 Å². The average Bonchev–Trinajstić information content (AvgIpc) is 3.31. The van der Waals surface area contributed by atoms with Crippen molar-refractivity contribution in [1.82, 2.24) is 19.8 Å². The zero-order valence-electron chi connectivity index (χ0n) is 18.5. The van der Waals surface area contributed by atoms with Crippen LogP contribution >= 0.6 is 0 Å². The predicted molar refractivity (Wildman–Crippen MR) is 118 cm³/mol. The molecular formula is C24H15F4N5O3. The third kappa shape index (κ3) is 3.76. The number of hydrogen-bond acceptors (Lipinski definition) is 5. The normalized spacial score (nSPS) is 13.4. The van der Waals surface area contributed by atoms with Gasteiger partial charge in [-0.05, 0) is 70.9 Å². The number of benzene rings is 3. The van der Waals surface area contributed by atoms with Crippen molar-refractivity contribution in [3.63, 3.8) is 0 Å². The van der Waals surface area contributed by atoms with Crippen LogP contribution in [0.4, 0.5) is 23.2 Å². The molecular weight excluding hydrogens is 482 g/mol. The highest BCUT2D eigenvalue weighted by molar-refractivity contribution is 6.34. The van der Waals surface area contributed by atoms with Crippen LogP contribution in [0.3, 0.4) is 0 Å². The van der Waals surface area contributed by atoms with Crippen molar-refractivity contribution in [3.05, 3.63) is 105 Å². The van der Waals surface area contributed by atoms with E-state index in [4.69, 9.17) is 0 Å². The molecule has 0 spiro atoms. The molecule has 2 heterocycles. The number of fused-ring (bicyclic) bond motifs is 1. The Hall–Kier alpha value is -4.61. The summed E-state index contributed by atoms with van der Waals surface area (Å²) in [5.41, 5.74) is -0.345. The van der Waals surface area contributed by atoms with Crippen LogP contribution in [0.1, 0.15) is 37.4 Å². The van der Waals surface area contributed by atoms with Gasteiger partial charge in [0.15, 0.2) is 0 Å². The van der Waals surface area contributed by atoms with Crippen molar-refractivity contribution in [1.29, 1.82) is 0 Å². The molecule has 0 unspecified atom stereocenters. The van der Waals surface area contributed by atoms with Gasteiger partial charge in [-0.3, -0.25) is 9.59 Å². The molecule has 0 aliphatic carbocycles. The van der Waals surface area contributed by atoms with E-state index in [-0.39, 0.29) is 29.0 Å². The van der Waals surface area contributed by atoms with Crippen LogP contribution < -0.4 is 10.6 Å². The molecule has 36 heavy (non-hydrogen) atoms. The van der Waals surface area contributed by atoms with E-state index in [0.29, 0.717) is 11.1 Å². The summed E-state index contributed by atoms with van der Waals surface area (Å²) in [7, 11) is 0. The summed E-state index contributed by atoms with van der Waals surface area (Å²) in [4.78, 5) is 39.1.